The number of nitrogens with two attached hydrogens (primary N) is 1. The van der Waals surface area contributed by atoms with Crippen LogP contribution >= 0.6 is 0 Å². The lowest BCUT2D eigenvalue weighted by Crippen LogP contribution is -2.15. The van der Waals surface area contributed by atoms with E-state index in [1.165, 1.54) is 19.1 Å². The highest BCUT2D eigenvalue weighted by Gasteiger charge is 2.11. The molecule has 0 aromatic heterocycles. The SMILES string of the molecule is CC(=O)Oc1ccc(CO)cc1C(N)=O. The normalized spacial score (nSPS) is 9.73. The van der Waals surface area contributed by atoms with Crippen LogP contribution in [0.4, 0.5) is 0 Å². The van der Waals surface area contributed by atoms with Crippen molar-refractivity contribution in [3.63, 3.8) is 0 Å². The molecule has 0 unspecified atom stereocenters. The number of amides is 1. The Hall–Kier alpha value is -1.88. The van der Waals surface area contributed by atoms with E-state index in [2.05, 4.69) is 0 Å². The van der Waals surface area contributed by atoms with Crippen molar-refractivity contribution in [1.29, 1.82) is 0 Å². The van der Waals surface area contributed by atoms with E-state index in [0.717, 1.165) is 0 Å². The van der Waals surface area contributed by atoms with Crippen molar-refractivity contribution in [2.75, 3.05) is 0 Å². The molecule has 0 radical (unpaired) electrons. The van der Waals surface area contributed by atoms with E-state index < -0.39 is 11.9 Å². The third-order valence-electron chi connectivity index (χ3n) is 1.75. The van der Waals surface area contributed by atoms with Crippen LogP contribution in [0.5, 0.6) is 5.75 Å². The van der Waals surface area contributed by atoms with Gasteiger partial charge in [-0.1, -0.05) is 6.07 Å². The average Bonchev–Trinajstić information content (AvgIpc) is 2.17. The highest BCUT2D eigenvalue weighted by Crippen LogP contribution is 2.20. The van der Waals surface area contributed by atoms with Gasteiger partial charge in [-0.15, -0.1) is 0 Å². The van der Waals surface area contributed by atoms with Gasteiger partial charge in [0.1, 0.15) is 5.75 Å². The van der Waals surface area contributed by atoms with Gasteiger partial charge in [-0.05, 0) is 17.7 Å². The Balaban J connectivity index is 3.15. The number of hydrogen-bond acceptors (Lipinski definition) is 4. The van der Waals surface area contributed by atoms with Gasteiger partial charge in [0.2, 0.25) is 0 Å². The fraction of sp³-hybridized carbons (Fsp3) is 0.200. The first kappa shape index (κ1) is 11.2. The van der Waals surface area contributed by atoms with Crippen molar-refractivity contribution in [2.24, 2.45) is 5.73 Å². The maximum Gasteiger partial charge on any atom is 0.308 e. The fourth-order valence-electron chi connectivity index (χ4n) is 1.11. The number of aliphatic hydroxyl groups excluding tert-OH is 1. The zero-order valence-corrected chi connectivity index (χ0v) is 8.19. The third-order valence-corrected chi connectivity index (χ3v) is 1.75. The van der Waals surface area contributed by atoms with Gasteiger partial charge in [0.15, 0.2) is 0 Å². The predicted octanol–water partition coefficient (Wildman–Crippen LogP) is 0.203. The summed E-state index contributed by atoms with van der Waals surface area (Å²) in [5.74, 6) is -1.14. The second kappa shape index (κ2) is 4.56. The molecule has 3 N–H and O–H groups in total. The summed E-state index contributed by atoms with van der Waals surface area (Å²) in [6.07, 6.45) is 0. The van der Waals surface area contributed by atoms with Crippen molar-refractivity contribution in [3.8, 4) is 5.75 Å². The average molecular weight is 209 g/mol. The first-order valence-electron chi connectivity index (χ1n) is 4.26. The Morgan fingerprint density at radius 1 is 1.47 bits per heavy atom. The Labute approximate surface area is 86.5 Å². The van der Waals surface area contributed by atoms with Crippen molar-refractivity contribution in [3.05, 3.63) is 29.3 Å². The molecule has 1 rings (SSSR count). The number of carbonyl (C=O) groups excluding carboxylic acids is 2. The molecule has 0 atom stereocenters. The van der Waals surface area contributed by atoms with Crippen LogP contribution in [0.3, 0.4) is 0 Å². The molecule has 0 heterocycles. The molecule has 1 aromatic carbocycles. The minimum absolute atomic E-state index is 0.0803. The van der Waals surface area contributed by atoms with Crippen molar-refractivity contribution >= 4 is 11.9 Å². The molecular weight excluding hydrogens is 198 g/mol. The van der Waals surface area contributed by atoms with Crippen LogP contribution in [0.2, 0.25) is 0 Å². The Kier molecular flexibility index (Phi) is 3.41. The molecule has 0 aliphatic carbocycles. The first-order chi connectivity index (χ1) is 7.04. The van der Waals surface area contributed by atoms with E-state index >= 15 is 0 Å². The van der Waals surface area contributed by atoms with Gasteiger partial charge in [0.05, 0.1) is 12.2 Å². The number of primary amides is 1. The van der Waals surface area contributed by atoms with Crippen LogP contribution < -0.4 is 10.5 Å². The third kappa shape index (κ3) is 2.78. The summed E-state index contributed by atoms with van der Waals surface area (Å²) in [6, 6.07) is 4.36. The lowest BCUT2D eigenvalue weighted by molar-refractivity contribution is -0.131. The Morgan fingerprint density at radius 3 is 2.60 bits per heavy atom. The molecular formula is C10H11NO4. The lowest BCUT2D eigenvalue weighted by atomic mass is 10.1. The van der Waals surface area contributed by atoms with Gasteiger partial charge in [-0.2, -0.15) is 0 Å². The minimum Gasteiger partial charge on any atom is -0.426 e. The summed E-state index contributed by atoms with van der Waals surface area (Å²) in [5.41, 5.74) is 5.71. The minimum atomic E-state index is -0.707. The molecule has 0 saturated heterocycles. The predicted molar refractivity (Wildman–Crippen MR) is 52.2 cm³/mol. The monoisotopic (exact) mass is 209 g/mol. The van der Waals surface area contributed by atoms with Crippen LogP contribution in [0.1, 0.15) is 22.8 Å². The summed E-state index contributed by atoms with van der Waals surface area (Å²) >= 11 is 0. The number of aliphatic hydroxyl groups is 1. The van der Waals surface area contributed by atoms with Gasteiger partial charge in [0.25, 0.3) is 5.91 Å². The maximum atomic E-state index is 11.0. The van der Waals surface area contributed by atoms with E-state index in [1.54, 1.807) is 6.07 Å². The molecule has 0 saturated carbocycles. The number of esters is 1. The van der Waals surface area contributed by atoms with Gasteiger partial charge in [-0.25, -0.2) is 0 Å². The number of carbonyl (C=O) groups is 2. The number of rotatable bonds is 3. The Bertz CT molecular complexity index is 400. The highest BCUT2D eigenvalue weighted by molar-refractivity contribution is 5.96. The summed E-state index contributed by atoms with van der Waals surface area (Å²) in [4.78, 5) is 21.7. The van der Waals surface area contributed by atoms with Crippen LogP contribution in [-0.2, 0) is 11.4 Å². The van der Waals surface area contributed by atoms with E-state index in [4.69, 9.17) is 15.6 Å². The second-order valence-corrected chi connectivity index (χ2v) is 2.95. The maximum absolute atomic E-state index is 11.0. The molecule has 0 aliphatic rings. The fourth-order valence-corrected chi connectivity index (χ4v) is 1.11. The quantitative estimate of drug-likeness (QED) is 0.549. The van der Waals surface area contributed by atoms with E-state index in [-0.39, 0.29) is 17.9 Å². The molecule has 80 valence electrons. The molecule has 0 spiro atoms. The van der Waals surface area contributed by atoms with Crippen LogP contribution in [-0.4, -0.2) is 17.0 Å². The lowest BCUT2D eigenvalue weighted by Gasteiger charge is -2.07. The molecule has 1 amide bonds. The Morgan fingerprint density at radius 2 is 2.13 bits per heavy atom. The summed E-state index contributed by atoms with van der Waals surface area (Å²) in [5, 5.41) is 8.86. The second-order valence-electron chi connectivity index (χ2n) is 2.95. The van der Waals surface area contributed by atoms with Gasteiger partial charge < -0.3 is 15.6 Å². The number of ether oxygens (including phenoxy) is 1. The number of hydrogen-bond donors (Lipinski definition) is 2. The van der Waals surface area contributed by atoms with Gasteiger partial charge in [-0.3, -0.25) is 9.59 Å². The first-order valence-corrected chi connectivity index (χ1v) is 4.26. The van der Waals surface area contributed by atoms with E-state index in [0.29, 0.717) is 5.56 Å². The smallest absolute Gasteiger partial charge is 0.308 e. The standard InChI is InChI=1S/C10H11NO4/c1-6(13)15-9-3-2-7(5-12)4-8(9)10(11)14/h2-4,12H,5H2,1H3,(H2,11,14). The van der Waals surface area contributed by atoms with Crippen LogP contribution in [0.15, 0.2) is 18.2 Å². The van der Waals surface area contributed by atoms with Crippen molar-refractivity contribution in [2.45, 2.75) is 13.5 Å². The van der Waals surface area contributed by atoms with Crippen LogP contribution in [0.25, 0.3) is 0 Å². The molecule has 1 aromatic rings. The highest BCUT2D eigenvalue weighted by atomic mass is 16.5. The molecule has 0 bridgehead atoms. The summed E-state index contributed by atoms with van der Waals surface area (Å²) in [7, 11) is 0. The van der Waals surface area contributed by atoms with E-state index in [9.17, 15) is 9.59 Å². The van der Waals surface area contributed by atoms with Gasteiger partial charge >= 0.3 is 5.97 Å². The topological polar surface area (TPSA) is 89.6 Å². The molecule has 5 heteroatoms. The zero-order chi connectivity index (χ0) is 11.4. The summed E-state index contributed by atoms with van der Waals surface area (Å²) in [6.45, 7) is 1.02. The molecule has 15 heavy (non-hydrogen) atoms. The summed E-state index contributed by atoms with van der Waals surface area (Å²) < 4.78 is 4.78. The number of benzene rings is 1. The zero-order valence-electron chi connectivity index (χ0n) is 8.19. The molecule has 0 fully saturated rings. The van der Waals surface area contributed by atoms with E-state index in [1.807, 2.05) is 0 Å². The van der Waals surface area contributed by atoms with Crippen LogP contribution in [0, 0.1) is 0 Å². The van der Waals surface area contributed by atoms with Crippen molar-refractivity contribution < 1.29 is 19.4 Å². The van der Waals surface area contributed by atoms with Crippen molar-refractivity contribution in [1.82, 2.24) is 0 Å². The molecule has 0 aliphatic heterocycles. The molecule has 5 nitrogen and oxygen atoms in total. The van der Waals surface area contributed by atoms with Gasteiger partial charge in [0, 0.05) is 6.92 Å². The largest absolute Gasteiger partial charge is 0.426 e.